The van der Waals surface area contributed by atoms with Crippen LogP contribution in [0.25, 0.3) is 6.08 Å². The summed E-state index contributed by atoms with van der Waals surface area (Å²) in [6, 6.07) is 14.3. The second-order valence-corrected chi connectivity index (χ2v) is 6.42. The molecular weight excluding hydrogens is 358 g/mol. The minimum Gasteiger partial charge on any atom is -0.490 e. The lowest BCUT2D eigenvalue weighted by Gasteiger charge is -2.12. The zero-order valence-electron chi connectivity index (χ0n) is 16.0. The van der Waals surface area contributed by atoms with E-state index in [1.807, 2.05) is 37.3 Å². The topological polar surface area (TPSA) is 74.2 Å². The molecule has 1 heterocycles. The summed E-state index contributed by atoms with van der Waals surface area (Å²) in [5, 5.41) is 0. The normalized spacial score (nSPS) is 14.8. The third kappa shape index (κ3) is 4.46. The zero-order valence-corrected chi connectivity index (χ0v) is 16.0. The lowest BCUT2D eigenvalue weighted by Crippen LogP contribution is -2.15. The molecule has 6 heteroatoms. The molecule has 6 nitrogen and oxygen atoms in total. The smallest absolute Gasteiger partial charge is 0.363 e. The van der Waals surface area contributed by atoms with E-state index in [9.17, 15) is 9.59 Å². The van der Waals surface area contributed by atoms with Crippen molar-refractivity contribution in [3.8, 4) is 11.5 Å². The van der Waals surface area contributed by atoms with Gasteiger partial charge < -0.3 is 14.2 Å². The predicted octanol–water partition coefficient (Wildman–Crippen LogP) is 3.99. The van der Waals surface area contributed by atoms with Gasteiger partial charge in [-0.25, -0.2) is 9.79 Å². The number of nitrogens with zero attached hydrogens (tertiary/aromatic N) is 1. The highest BCUT2D eigenvalue weighted by molar-refractivity contribution is 6.12. The van der Waals surface area contributed by atoms with Gasteiger partial charge in [0.15, 0.2) is 17.2 Å². The van der Waals surface area contributed by atoms with Gasteiger partial charge in [-0.2, -0.15) is 0 Å². The summed E-state index contributed by atoms with van der Waals surface area (Å²) in [5.41, 5.74) is 1.59. The van der Waals surface area contributed by atoms with Crippen LogP contribution in [0.2, 0.25) is 0 Å². The zero-order chi connectivity index (χ0) is 20.1. The van der Waals surface area contributed by atoms with Gasteiger partial charge in [-0.15, -0.1) is 0 Å². The van der Waals surface area contributed by atoms with Gasteiger partial charge in [-0.05, 0) is 42.8 Å². The van der Waals surface area contributed by atoms with Crippen molar-refractivity contribution in [3.63, 3.8) is 0 Å². The van der Waals surface area contributed by atoms with Crippen LogP contribution in [-0.4, -0.2) is 24.4 Å². The number of carbonyl (C=O) groups excluding carboxylic acids is 2. The van der Waals surface area contributed by atoms with Crippen LogP contribution < -0.4 is 9.47 Å². The second kappa shape index (κ2) is 8.52. The fourth-order valence-corrected chi connectivity index (χ4v) is 2.46. The lowest BCUT2D eigenvalue weighted by atomic mass is 10.1. The number of benzene rings is 2. The number of cyclic esters (lactones) is 1. The van der Waals surface area contributed by atoms with E-state index < -0.39 is 5.97 Å². The molecule has 0 aromatic heterocycles. The molecule has 144 valence electrons. The Labute approximate surface area is 163 Å². The van der Waals surface area contributed by atoms with Crippen molar-refractivity contribution >= 4 is 23.9 Å². The molecule has 0 atom stereocenters. The van der Waals surface area contributed by atoms with Crippen LogP contribution in [0.3, 0.4) is 0 Å². The number of hydrogen-bond acceptors (Lipinski definition) is 6. The van der Waals surface area contributed by atoms with Crippen molar-refractivity contribution in [3.05, 3.63) is 65.4 Å². The molecule has 0 bridgehead atoms. The summed E-state index contributed by atoms with van der Waals surface area (Å²) in [6.07, 6.45) is 1.61. The number of esters is 2. The van der Waals surface area contributed by atoms with Gasteiger partial charge in [0.05, 0.1) is 12.5 Å². The first-order valence-electron chi connectivity index (χ1n) is 9.04. The molecule has 0 saturated carbocycles. The Morgan fingerprint density at radius 1 is 1.14 bits per heavy atom. The molecule has 2 aromatic carbocycles. The van der Waals surface area contributed by atoms with Crippen molar-refractivity contribution in [2.45, 2.75) is 20.8 Å². The average Bonchev–Trinajstić information content (AvgIpc) is 3.05. The fraction of sp³-hybridized carbons (Fsp3) is 0.227. The number of rotatable bonds is 6. The van der Waals surface area contributed by atoms with Crippen LogP contribution in [-0.2, 0) is 14.3 Å². The van der Waals surface area contributed by atoms with E-state index >= 15 is 0 Å². The molecule has 0 N–H and O–H groups in total. The van der Waals surface area contributed by atoms with Crippen LogP contribution in [0.4, 0.5) is 0 Å². The second-order valence-electron chi connectivity index (χ2n) is 6.42. The predicted molar refractivity (Wildman–Crippen MR) is 105 cm³/mol. The summed E-state index contributed by atoms with van der Waals surface area (Å²) >= 11 is 0. The summed E-state index contributed by atoms with van der Waals surface area (Å²) < 4.78 is 16.2. The Morgan fingerprint density at radius 3 is 2.57 bits per heavy atom. The molecule has 0 unspecified atom stereocenters. The maximum absolute atomic E-state index is 12.2. The van der Waals surface area contributed by atoms with E-state index in [0.717, 1.165) is 5.56 Å². The molecule has 0 radical (unpaired) electrons. The third-order valence-electron chi connectivity index (χ3n) is 3.89. The highest BCUT2D eigenvalue weighted by atomic mass is 16.6. The first kappa shape index (κ1) is 19.4. The Morgan fingerprint density at radius 2 is 1.89 bits per heavy atom. The Hall–Kier alpha value is -3.41. The first-order chi connectivity index (χ1) is 13.5. The SMILES string of the molecule is CCOc1cc(/C=C2/N=C(c3ccccc3)OC2=O)ccc1OC(=O)C(C)C. The van der Waals surface area contributed by atoms with E-state index in [1.54, 1.807) is 38.1 Å². The Kier molecular flexibility index (Phi) is 5.89. The minimum atomic E-state index is -0.521. The summed E-state index contributed by atoms with van der Waals surface area (Å²) in [5.74, 6) is -0.0926. The van der Waals surface area contributed by atoms with Crippen molar-refractivity contribution in [2.75, 3.05) is 6.61 Å². The summed E-state index contributed by atoms with van der Waals surface area (Å²) in [4.78, 5) is 28.3. The lowest BCUT2D eigenvalue weighted by molar-refractivity contribution is -0.138. The van der Waals surface area contributed by atoms with Crippen LogP contribution >= 0.6 is 0 Å². The van der Waals surface area contributed by atoms with Gasteiger partial charge >= 0.3 is 11.9 Å². The van der Waals surface area contributed by atoms with Crippen LogP contribution in [0.15, 0.2) is 59.2 Å². The van der Waals surface area contributed by atoms with E-state index in [2.05, 4.69) is 4.99 Å². The highest BCUT2D eigenvalue weighted by Crippen LogP contribution is 2.30. The van der Waals surface area contributed by atoms with Gasteiger partial charge in [0.1, 0.15) is 0 Å². The van der Waals surface area contributed by atoms with Crippen molar-refractivity contribution in [2.24, 2.45) is 10.9 Å². The van der Waals surface area contributed by atoms with Gasteiger partial charge in [0, 0.05) is 5.56 Å². The van der Waals surface area contributed by atoms with Crippen molar-refractivity contribution in [1.29, 1.82) is 0 Å². The molecule has 0 fully saturated rings. The van der Waals surface area contributed by atoms with Crippen LogP contribution in [0.5, 0.6) is 11.5 Å². The molecular formula is C22H21NO5. The van der Waals surface area contributed by atoms with E-state index in [-0.39, 0.29) is 23.5 Å². The number of ether oxygens (including phenoxy) is 3. The Bertz CT molecular complexity index is 945. The van der Waals surface area contributed by atoms with Crippen molar-refractivity contribution in [1.82, 2.24) is 0 Å². The monoisotopic (exact) mass is 379 g/mol. The first-order valence-corrected chi connectivity index (χ1v) is 9.04. The average molecular weight is 379 g/mol. The van der Waals surface area contributed by atoms with Gasteiger partial charge in [-0.1, -0.05) is 38.1 Å². The molecule has 3 rings (SSSR count). The fourth-order valence-electron chi connectivity index (χ4n) is 2.46. The minimum absolute atomic E-state index is 0.188. The Balaban J connectivity index is 1.89. The van der Waals surface area contributed by atoms with E-state index in [0.29, 0.717) is 23.7 Å². The van der Waals surface area contributed by atoms with Crippen LogP contribution in [0.1, 0.15) is 31.9 Å². The molecule has 1 aliphatic heterocycles. The van der Waals surface area contributed by atoms with E-state index in [1.165, 1.54) is 0 Å². The maximum Gasteiger partial charge on any atom is 0.363 e. The number of hydrogen-bond donors (Lipinski definition) is 0. The largest absolute Gasteiger partial charge is 0.490 e. The van der Waals surface area contributed by atoms with Gasteiger partial charge in [-0.3, -0.25) is 4.79 Å². The van der Waals surface area contributed by atoms with Crippen LogP contribution in [0, 0.1) is 5.92 Å². The standard InChI is InChI=1S/C22H21NO5/c1-4-26-19-13-15(10-11-18(19)27-21(24)14(2)3)12-17-22(25)28-20(23-17)16-8-6-5-7-9-16/h5-14H,4H2,1-3H3/b17-12+. The molecule has 28 heavy (non-hydrogen) atoms. The van der Waals surface area contributed by atoms with Gasteiger partial charge in [0.25, 0.3) is 0 Å². The van der Waals surface area contributed by atoms with Gasteiger partial charge in [0.2, 0.25) is 5.90 Å². The van der Waals surface area contributed by atoms with Crippen molar-refractivity contribution < 1.29 is 23.8 Å². The quantitative estimate of drug-likeness (QED) is 0.431. The van der Waals surface area contributed by atoms with E-state index in [4.69, 9.17) is 14.2 Å². The maximum atomic E-state index is 12.2. The third-order valence-corrected chi connectivity index (χ3v) is 3.89. The summed E-state index contributed by atoms with van der Waals surface area (Å²) in [6.45, 7) is 5.76. The molecule has 0 amide bonds. The molecule has 2 aromatic rings. The molecule has 0 aliphatic carbocycles. The summed E-state index contributed by atoms with van der Waals surface area (Å²) in [7, 11) is 0. The number of carbonyl (C=O) groups is 2. The number of aliphatic imine (C=N–C) groups is 1. The molecule has 0 spiro atoms. The molecule has 0 saturated heterocycles. The molecule has 1 aliphatic rings. The highest BCUT2D eigenvalue weighted by Gasteiger charge is 2.24.